The number of carbonyl (C=O) groups excluding carboxylic acids is 1. The predicted octanol–water partition coefficient (Wildman–Crippen LogP) is 5.48. The van der Waals surface area contributed by atoms with Crippen LogP contribution in [-0.2, 0) is 9.53 Å². The number of hydrogen-bond acceptors (Lipinski definition) is 2. The van der Waals surface area contributed by atoms with E-state index in [-0.39, 0.29) is 5.60 Å². The smallest absolute Gasteiger partial charge is 0.137 e. The summed E-state index contributed by atoms with van der Waals surface area (Å²) < 4.78 is 6.62. The Bertz CT molecular complexity index is 747. The van der Waals surface area contributed by atoms with Crippen LogP contribution in [0.5, 0.6) is 0 Å². The standard InChI is InChI=1S/C25H34O2/c1-3-15-12-16-13-17(26)6-7-18(16)19-8-10-24(4-2)23(22(15)19)20-14-21(20)25(24)9-5-11-27-25/h5,9,15,19-23H,3-4,6-8,10-14H2,1-2H3/t15-,19-,20-,21+,22-,23+,24+,25+/m1/s1. The zero-order valence-corrected chi connectivity index (χ0v) is 17.0. The van der Waals surface area contributed by atoms with Gasteiger partial charge in [-0.05, 0) is 74.0 Å². The molecule has 3 saturated carbocycles. The Kier molecular flexibility index (Phi) is 3.52. The molecule has 5 aliphatic carbocycles. The van der Waals surface area contributed by atoms with Crippen LogP contribution < -0.4 is 0 Å². The van der Waals surface area contributed by atoms with E-state index in [1.54, 1.807) is 11.1 Å². The van der Waals surface area contributed by atoms with E-state index in [0.717, 1.165) is 61.4 Å². The van der Waals surface area contributed by atoms with Gasteiger partial charge in [0.1, 0.15) is 5.78 Å². The van der Waals surface area contributed by atoms with Crippen molar-refractivity contribution in [1.29, 1.82) is 0 Å². The van der Waals surface area contributed by atoms with Crippen molar-refractivity contribution in [3.8, 4) is 0 Å². The first-order chi connectivity index (χ1) is 13.1. The Morgan fingerprint density at radius 3 is 2.89 bits per heavy atom. The molecule has 146 valence electrons. The van der Waals surface area contributed by atoms with E-state index in [1.807, 2.05) is 0 Å². The highest BCUT2D eigenvalue weighted by molar-refractivity contribution is 5.82. The summed E-state index contributed by atoms with van der Waals surface area (Å²) in [6, 6.07) is 0. The number of carbonyl (C=O) groups is 1. The SMILES string of the molecule is CC[C@@H]1CC2=C(CCC(=O)C2)[C@H]2CC[C@@]3(CC)[C@@H]([C@@H]4C[C@@H]4[C@@]34C=CCO4)[C@H]12. The summed E-state index contributed by atoms with van der Waals surface area (Å²) in [4.78, 5) is 12.1. The molecule has 0 aromatic rings. The fraction of sp³-hybridized carbons (Fsp3) is 0.800. The molecular formula is C25H34O2. The first kappa shape index (κ1) is 17.0. The normalized spacial score (nSPS) is 52.6. The lowest BCUT2D eigenvalue weighted by molar-refractivity contribution is -0.141. The van der Waals surface area contributed by atoms with Crippen LogP contribution in [0.1, 0.15) is 71.6 Å². The average molecular weight is 367 g/mol. The Balaban J connectivity index is 1.45. The van der Waals surface area contributed by atoms with Crippen LogP contribution in [0.15, 0.2) is 23.3 Å². The molecule has 1 spiro atoms. The van der Waals surface area contributed by atoms with E-state index < -0.39 is 0 Å². The highest BCUT2D eigenvalue weighted by atomic mass is 16.5. The highest BCUT2D eigenvalue weighted by Gasteiger charge is 2.77. The number of rotatable bonds is 2. The number of ether oxygens (including phenoxy) is 1. The largest absolute Gasteiger partial charge is 0.366 e. The van der Waals surface area contributed by atoms with Crippen LogP contribution in [0.4, 0.5) is 0 Å². The molecule has 0 radical (unpaired) electrons. The summed E-state index contributed by atoms with van der Waals surface area (Å²) in [5, 5.41) is 0. The number of allylic oxidation sites excluding steroid dienone is 2. The molecule has 8 atom stereocenters. The third-order valence-electron chi connectivity index (χ3n) is 10.0. The lowest BCUT2D eigenvalue weighted by atomic mass is 9.47. The third kappa shape index (κ3) is 1.94. The predicted molar refractivity (Wildman–Crippen MR) is 106 cm³/mol. The van der Waals surface area contributed by atoms with E-state index in [1.165, 1.54) is 38.5 Å². The molecule has 0 aromatic heterocycles. The minimum atomic E-state index is 0.0670. The molecule has 2 nitrogen and oxygen atoms in total. The summed E-state index contributed by atoms with van der Waals surface area (Å²) in [7, 11) is 0. The minimum absolute atomic E-state index is 0.0670. The van der Waals surface area contributed by atoms with Crippen molar-refractivity contribution in [2.24, 2.45) is 40.9 Å². The first-order valence-electron chi connectivity index (χ1n) is 11.7. The average Bonchev–Trinajstić information content (AvgIpc) is 3.26. The Morgan fingerprint density at radius 1 is 1.26 bits per heavy atom. The number of fused-ring (bicyclic) bond motifs is 8. The molecule has 0 unspecified atom stereocenters. The monoisotopic (exact) mass is 366 g/mol. The fourth-order valence-electron chi connectivity index (χ4n) is 9.14. The van der Waals surface area contributed by atoms with Crippen LogP contribution in [0.2, 0.25) is 0 Å². The lowest BCUT2D eigenvalue weighted by Gasteiger charge is -2.59. The molecule has 0 aromatic carbocycles. The van der Waals surface area contributed by atoms with Gasteiger partial charge in [-0.3, -0.25) is 4.79 Å². The molecule has 2 heteroatoms. The highest BCUT2D eigenvalue weighted by Crippen LogP contribution is 2.78. The topological polar surface area (TPSA) is 26.3 Å². The maximum Gasteiger partial charge on any atom is 0.137 e. The second-order valence-electron chi connectivity index (χ2n) is 10.5. The Hall–Kier alpha value is -0.890. The van der Waals surface area contributed by atoms with Crippen molar-refractivity contribution in [1.82, 2.24) is 0 Å². The van der Waals surface area contributed by atoms with Crippen LogP contribution in [0, 0.1) is 40.9 Å². The van der Waals surface area contributed by atoms with Crippen LogP contribution in [0.25, 0.3) is 0 Å². The number of ketones is 1. The molecule has 6 rings (SSSR count). The van der Waals surface area contributed by atoms with E-state index in [0.29, 0.717) is 11.2 Å². The van der Waals surface area contributed by atoms with Crippen molar-refractivity contribution in [3.05, 3.63) is 23.3 Å². The zero-order valence-electron chi connectivity index (χ0n) is 17.0. The van der Waals surface area contributed by atoms with Gasteiger partial charge in [-0.15, -0.1) is 0 Å². The van der Waals surface area contributed by atoms with Crippen molar-refractivity contribution < 1.29 is 9.53 Å². The van der Waals surface area contributed by atoms with Crippen molar-refractivity contribution >= 4 is 5.78 Å². The van der Waals surface area contributed by atoms with Gasteiger partial charge >= 0.3 is 0 Å². The third-order valence-corrected chi connectivity index (χ3v) is 10.0. The minimum Gasteiger partial charge on any atom is -0.366 e. The Morgan fingerprint density at radius 2 is 2.15 bits per heavy atom. The van der Waals surface area contributed by atoms with Gasteiger partial charge < -0.3 is 4.74 Å². The maximum absolute atomic E-state index is 12.1. The maximum atomic E-state index is 12.1. The van der Waals surface area contributed by atoms with Gasteiger partial charge in [-0.2, -0.15) is 0 Å². The summed E-state index contributed by atoms with van der Waals surface area (Å²) in [5.41, 5.74) is 3.76. The summed E-state index contributed by atoms with van der Waals surface area (Å²) >= 11 is 0. The van der Waals surface area contributed by atoms with Crippen molar-refractivity contribution in [3.63, 3.8) is 0 Å². The summed E-state index contributed by atoms with van der Waals surface area (Å²) in [6.45, 7) is 5.69. The quantitative estimate of drug-likeness (QED) is 0.605. The molecule has 0 N–H and O–H groups in total. The molecule has 1 aliphatic heterocycles. The van der Waals surface area contributed by atoms with Gasteiger partial charge in [0.15, 0.2) is 0 Å². The molecule has 1 heterocycles. The molecule has 0 saturated heterocycles. The second-order valence-corrected chi connectivity index (χ2v) is 10.5. The fourth-order valence-corrected chi connectivity index (χ4v) is 9.14. The first-order valence-corrected chi connectivity index (χ1v) is 11.7. The number of Topliss-reactive ketones (excluding diaryl/α,β-unsaturated/α-hetero) is 1. The molecule has 3 fully saturated rings. The molecular weight excluding hydrogens is 332 g/mol. The van der Waals surface area contributed by atoms with Gasteiger partial charge in [0, 0.05) is 18.3 Å². The van der Waals surface area contributed by atoms with E-state index in [4.69, 9.17) is 4.74 Å². The van der Waals surface area contributed by atoms with Crippen LogP contribution >= 0.6 is 0 Å². The van der Waals surface area contributed by atoms with Gasteiger partial charge in [-0.1, -0.05) is 43.6 Å². The van der Waals surface area contributed by atoms with Gasteiger partial charge in [0.2, 0.25) is 0 Å². The van der Waals surface area contributed by atoms with Crippen molar-refractivity contribution in [2.75, 3.05) is 6.61 Å². The zero-order chi connectivity index (χ0) is 18.4. The molecule has 0 bridgehead atoms. The van der Waals surface area contributed by atoms with Gasteiger partial charge in [-0.25, -0.2) is 0 Å². The van der Waals surface area contributed by atoms with Crippen LogP contribution in [-0.4, -0.2) is 18.0 Å². The van der Waals surface area contributed by atoms with E-state index in [2.05, 4.69) is 26.0 Å². The summed E-state index contributed by atoms with van der Waals surface area (Å²) in [5.74, 6) is 5.46. The lowest BCUT2D eigenvalue weighted by Crippen LogP contribution is -2.56. The van der Waals surface area contributed by atoms with Gasteiger partial charge in [0.25, 0.3) is 0 Å². The summed E-state index contributed by atoms with van der Waals surface area (Å²) in [6.07, 6.45) is 15.4. The van der Waals surface area contributed by atoms with E-state index >= 15 is 0 Å². The molecule has 6 aliphatic rings. The Labute approximate surface area is 163 Å². The van der Waals surface area contributed by atoms with Crippen LogP contribution in [0.3, 0.4) is 0 Å². The number of hydrogen-bond donors (Lipinski definition) is 0. The van der Waals surface area contributed by atoms with Gasteiger partial charge in [0.05, 0.1) is 12.2 Å². The van der Waals surface area contributed by atoms with Crippen molar-refractivity contribution in [2.45, 2.75) is 77.2 Å². The molecule has 0 amide bonds. The second kappa shape index (κ2) is 5.59. The van der Waals surface area contributed by atoms with E-state index in [9.17, 15) is 4.79 Å². The molecule has 27 heavy (non-hydrogen) atoms.